The summed E-state index contributed by atoms with van der Waals surface area (Å²) >= 11 is 0. The largest absolute Gasteiger partial charge is 0.224 e. The smallest absolute Gasteiger partial charge is 0.171 e. The molecule has 0 unspecified atom stereocenters. The van der Waals surface area contributed by atoms with Crippen molar-refractivity contribution in [3.05, 3.63) is 47.9 Å². The van der Waals surface area contributed by atoms with E-state index in [1.54, 1.807) is 0 Å². The Labute approximate surface area is 201 Å². The first kappa shape index (κ1) is 32.0. The Balaban J connectivity index is 5.76. The Morgan fingerprint density at radius 1 is 0.424 bits per heavy atom. The van der Waals surface area contributed by atoms with Gasteiger partial charge in [0.15, 0.2) is 39.3 Å². The van der Waals surface area contributed by atoms with Crippen molar-refractivity contribution in [2.45, 2.75) is 49.9 Å². The third kappa shape index (κ3) is 14.1. The van der Waals surface area contributed by atoms with E-state index in [2.05, 4.69) is 26.3 Å². The fourth-order valence-corrected chi connectivity index (χ4v) is 12.8. The van der Waals surface area contributed by atoms with Gasteiger partial charge in [0.1, 0.15) is 0 Å². The van der Waals surface area contributed by atoms with Crippen molar-refractivity contribution in [2.24, 2.45) is 0 Å². The van der Waals surface area contributed by atoms with Crippen LogP contribution < -0.4 is 0 Å². The zero-order valence-electron chi connectivity index (χ0n) is 19.0. The quantitative estimate of drug-likeness (QED) is 0.207. The van der Waals surface area contributed by atoms with E-state index in [1.807, 2.05) is 0 Å². The lowest BCUT2D eigenvalue weighted by Gasteiger charge is -2.32. The topological polar surface area (TPSA) is 137 Å². The summed E-state index contributed by atoms with van der Waals surface area (Å²) in [5, 5.41) is 3.56. The monoisotopic (exact) mass is 560 g/mol. The molecule has 192 valence electrons. The highest BCUT2D eigenvalue weighted by Crippen LogP contribution is 2.33. The number of sulfone groups is 4. The first-order valence-corrected chi connectivity index (χ1v) is 20.2. The number of hydrogen-bond donors (Lipinski definition) is 0. The minimum absolute atomic E-state index is 0.119. The van der Waals surface area contributed by atoms with Crippen molar-refractivity contribution >= 4 is 47.4 Å². The highest BCUT2D eigenvalue weighted by molar-refractivity contribution is 7.95. The van der Waals surface area contributed by atoms with Crippen LogP contribution in [0.4, 0.5) is 0 Å². The minimum atomic E-state index is -3.43. The van der Waals surface area contributed by atoms with Gasteiger partial charge in [-0.2, -0.15) is 0 Å². The fraction of sp³-hybridized carbons (Fsp3) is 0.600. The minimum Gasteiger partial charge on any atom is -0.224 e. The van der Waals surface area contributed by atoms with Crippen LogP contribution in [-0.4, -0.2) is 64.8 Å². The van der Waals surface area contributed by atoms with Crippen LogP contribution in [0.15, 0.2) is 47.9 Å². The maximum Gasteiger partial charge on any atom is 0.171 e. The molecule has 0 spiro atoms. The predicted octanol–water partition coefficient (Wildman–Crippen LogP) is 3.23. The van der Waals surface area contributed by atoms with Gasteiger partial charge in [-0.05, 0) is 25.7 Å². The average molecular weight is 561 g/mol. The SMILES string of the molecule is C=CS(=O)(=O)CCC[Si](CCCS(=O)(=O)C=C)(CCCS(=O)(=O)C=C)CCCS(=O)(=O)C=C. The Morgan fingerprint density at radius 3 is 0.758 bits per heavy atom. The van der Waals surface area contributed by atoms with Crippen molar-refractivity contribution in [2.75, 3.05) is 23.0 Å². The van der Waals surface area contributed by atoms with E-state index in [9.17, 15) is 33.7 Å². The zero-order chi connectivity index (χ0) is 25.8. The van der Waals surface area contributed by atoms with Crippen LogP contribution in [-0.2, 0) is 39.3 Å². The van der Waals surface area contributed by atoms with E-state index in [0.717, 1.165) is 21.6 Å². The van der Waals surface area contributed by atoms with Gasteiger partial charge >= 0.3 is 0 Å². The van der Waals surface area contributed by atoms with Crippen LogP contribution >= 0.6 is 0 Å². The van der Waals surface area contributed by atoms with Gasteiger partial charge in [-0.3, -0.25) is 0 Å². The Hall–Kier alpha value is -1.02. The molecule has 0 fully saturated rings. The van der Waals surface area contributed by atoms with E-state index in [4.69, 9.17) is 0 Å². The van der Waals surface area contributed by atoms with E-state index < -0.39 is 47.4 Å². The van der Waals surface area contributed by atoms with Gasteiger partial charge in [0, 0.05) is 21.6 Å². The zero-order valence-corrected chi connectivity index (χ0v) is 23.3. The first-order valence-electron chi connectivity index (χ1n) is 10.5. The number of rotatable bonds is 20. The van der Waals surface area contributed by atoms with Gasteiger partial charge in [0.25, 0.3) is 0 Å². The van der Waals surface area contributed by atoms with Crippen molar-refractivity contribution in [1.29, 1.82) is 0 Å². The molecular formula is C20H36O8S4Si. The van der Waals surface area contributed by atoms with Gasteiger partial charge < -0.3 is 0 Å². The molecule has 0 saturated carbocycles. The van der Waals surface area contributed by atoms with Gasteiger partial charge in [-0.25, -0.2) is 33.7 Å². The molecule has 0 N–H and O–H groups in total. The summed E-state index contributed by atoms with van der Waals surface area (Å²) in [6.45, 7) is 13.2. The molecule has 33 heavy (non-hydrogen) atoms. The summed E-state index contributed by atoms with van der Waals surface area (Å²) in [6, 6.07) is 2.04. The summed E-state index contributed by atoms with van der Waals surface area (Å²) in [5.74, 6) is -0.476. The molecule has 0 atom stereocenters. The summed E-state index contributed by atoms with van der Waals surface area (Å²) in [5.41, 5.74) is 0. The van der Waals surface area contributed by atoms with Crippen LogP contribution in [0.3, 0.4) is 0 Å². The molecule has 13 heteroatoms. The molecule has 0 aromatic heterocycles. The van der Waals surface area contributed by atoms with Gasteiger partial charge in [0.2, 0.25) is 0 Å². The van der Waals surface area contributed by atoms with Crippen molar-refractivity contribution in [1.82, 2.24) is 0 Å². The van der Waals surface area contributed by atoms with Crippen LogP contribution in [0.2, 0.25) is 24.2 Å². The molecule has 0 aromatic rings. The molecule has 0 amide bonds. The van der Waals surface area contributed by atoms with Crippen LogP contribution in [0.25, 0.3) is 0 Å². The second kappa shape index (κ2) is 13.8. The lowest BCUT2D eigenvalue weighted by atomic mass is 10.5. The second-order valence-corrected chi connectivity index (χ2v) is 21.3. The van der Waals surface area contributed by atoms with Crippen molar-refractivity contribution < 1.29 is 33.7 Å². The predicted molar refractivity (Wildman–Crippen MR) is 139 cm³/mol. The summed E-state index contributed by atoms with van der Waals surface area (Å²) in [4.78, 5) is 0. The van der Waals surface area contributed by atoms with Crippen LogP contribution in [0.5, 0.6) is 0 Å². The van der Waals surface area contributed by atoms with Gasteiger partial charge in [-0.1, -0.05) is 50.5 Å². The Bertz CT molecular complexity index is 921. The third-order valence-electron chi connectivity index (χ3n) is 5.56. The molecule has 0 aliphatic heterocycles. The van der Waals surface area contributed by atoms with E-state index >= 15 is 0 Å². The maximum atomic E-state index is 11.9. The molecule has 0 radical (unpaired) electrons. The van der Waals surface area contributed by atoms with Crippen molar-refractivity contribution in [3.8, 4) is 0 Å². The Kier molecular flexibility index (Phi) is 13.3. The highest BCUT2D eigenvalue weighted by Gasteiger charge is 2.33. The lowest BCUT2D eigenvalue weighted by Crippen LogP contribution is -2.36. The molecule has 0 bridgehead atoms. The molecule has 0 saturated heterocycles. The summed E-state index contributed by atoms with van der Waals surface area (Å²) in [7, 11) is -16.1. The standard InChI is InChI=1S/C20H36O8S4Si/c1-5-29(21,22)13-9-17-33(18-10-14-30(23,24)6-2,19-11-15-31(25,26)7-3)20-12-16-32(27,28)8-4/h5-8H,1-4,9-20H2. The third-order valence-corrected chi connectivity index (χ3v) is 16.7. The molecule has 0 rings (SSSR count). The lowest BCUT2D eigenvalue weighted by molar-refractivity contribution is 0.602. The molecular weight excluding hydrogens is 525 g/mol. The highest BCUT2D eigenvalue weighted by atomic mass is 32.2. The normalized spacial score (nSPS) is 13.3. The van der Waals surface area contributed by atoms with Gasteiger partial charge in [-0.15, -0.1) is 0 Å². The summed E-state index contributed by atoms with van der Waals surface area (Å²) in [6.07, 6.45) is 1.27. The van der Waals surface area contributed by atoms with Crippen LogP contribution in [0, 0.1) is 0 Å². The fourth-order valence-electron chi connectivity index (χ4n) is 3.68. The molecule has 0 aliphatic rings. The molecule has 8 nitrogen and oxygen atoms in total. The number of hydrogen-bond acceptors (Lipinski definition) is 8. The van der Waals surface area contributed by atoms with Crippen LogP contribution in [0.1, 0.15) is 25.7 Å². The van der Waals surface area contributed by atoms with E-state index in [1.165, 1.54) is 0 Å². The molecule has 0 aliphatic carbocycles. The Morgan fingerprint density at radius 2 is 0.606 bits per heavy atom. The maximum absolute atomic E-state index is 11.9. The molecule has 0 heterocycles. The molecule has 0 aromatic carbocycles. The summed E-state index contributed by atoms with van der Waals surface area (Å²) < 4.78 is 94.9. The van der Waals surface area contributed by atoms with E-state index in [-0.39, 0.29) is 23.0 Å². The van der Waals surface area contributed by atoms with E-state index in [0.29, 0.717) is 49.9 Å². The first-order chi connectivity index (χ1) is 15.1. The average Bonchev–Trinajstić information content (AvgIpc) is 2.73. The van der Waals surface area contributed by atoms with Gasteiger partial charge in [0.05, 0.1) is 31.1 Å². The second-order valence-electron chi connectivity index (χ2n) is 8.05. The van der Waals surface area contributed by atoms with Crippen molar-refractivity contribution in [3.63, 3.8) is 0 Å².